The minimum atomic E-state index is -0.547. The van der Waals surface area contributed by atoms with Gasteiger partial charge in [0, 0.05) is 5.92 Å². The smallest absolute Gasteiger partial charge is 0.243 e. The van der Waals surface area contributed by atoms with Crippen LogP contribution in [0.3, 0.4) is 0 Å². The lowest BCUT2D eigenvalue weighted by molar-refractivity contribution is 0.0420. The molecular formula is C19H26FN3O2. The monoisotopic (exact) mass is 347 g/mol. The fourth-order valence-electron chi connectivity index (χ4n) is 3.36. The lowest BCUT2D eigenvalue weighted by Crippen LogP contribution is -2.37. The number of likely N-dealkylation sites (tertiary alicyclic amines) is 1. The van der Waals surface area contributed by atoms with E-state index in [0.29, 0.717) is 5.89 Å². The summed E-state index contributed by atoms with van der Waals surface area (Å²) in [6, 6.07) is 6.21. The van der Waals surface area contributed by atoms with Crippen LogP contribution in [0.25, 0.3) is 0 Å². The van der Waals surface area contributed by atoms with Crippen LogP contribution in [0.5, 0.6) is 0 Å². The van der Waals surface area contributed by atoms with E-state index >= 15 is 0 Å². The number of aliphatic hydroxyl groups excluding tert-OH is 1. The first kappa shape index (κ1) is 18.0. The number of piperidine rings is 1. The first-order valence-electron chi connectivity index (χ1n) is 8.96. The minimum Gasteiger partial charge on any atom is -0.388 e. The molecule has 1 aromatic carbocycles. The van der Waals surface area contributed by atoms with Gasteiger partial charge in [0.1, 0.15) is 5.82 Å². The molecule has 2 heterocycles. The van der Waals surface area contributed by atoms with Crippen LogP contribution in [-0.4, -0.2) is 33.2 Å². The van der Waals surface area contributed by atoms with Gasteiger partial charge in [-0.05, 0) is 56.5 Å². The second-order valence-corrected chi connectivity index (χ2v) is 7.19. The Labute approximate surface area is 147 Å². The highest BCUT2D eigenvalue weighted by Gasteiger charge is 2.30. The zero-order valence-corrected chi connectivity index (χ0v) is 15.0. The van der Waals surface area contributed by atoms with Gasteiger partial charge in [0.25, 0.3) is 0 Å². The van der Waals surface area contributed by atoms with Gasteiger partial charge in [0.2, 0.25) is 5.89 Å². The Morgan fingerprint density at radius 2 is 1.80 bits per heavy atom. The van der Waals surface area contributed by atoms with Crippen molar-refractivity contribution in [1.82, 2.24) is 15.0 Å². The predicted molar refractivity (Wildman–Crippen MR) is 92.5 cm³/mol. The number of nitrogens with zero attached hydrogens (tertiary/aromatic N) is 3. The molecule has 1 aromatic heterocycles. The maximum atomic E-state index is 13.0. The van der Waals surface area contributed by atoms with Crippen molar-refractivity contribution in [1.29, 1.82) is 0 Å². The third kappa shape index (κ3) is 4.07. The van der Waals surface area contributed by atoms with Gasteiger partial charge in [-0.25, -0.2) is 4.39 Å². The van der Waals surface area contributed by atoms with Crippen LogP contribution >= 0.6 is 0 Å². The van der Waals surface area contributed by atoms with Gasteiger partial charge < -0.3 is 9.63 Å². The van der Waals surface area contributed by atoms with Gasteiger partial charge in [0.05, 0.1) is 12.1 Å². The molecule has 0 radical (unpaired) electrons. The van der Waals surface area contributed by atoms with E-state index in [4.69, 9.17) is 4.52 Å². The number of aliphatic hydroxyl groups is 1. The molecule has 2 atom stereocenters. The minimum absolute atomic E-state index is 0.0731. The Bertz CT molecular complexity index is 678. The summed E-state index contributed by atoms with van der Waals surface area (Å²) in [6.07, 6.45) is 1.22. The van der Waals surface area contributed by atoms with Crippen molar-refractivity contribution in [2.45, 2.75) is 51.7 Å². The van der Waals surface area contributed by atoms with Crippen LogP contribution in [0.2, 0.25) is 0 Å². The van der Waals surface area contributed by atoms with Crippen LogP contribution in [0.4, 0.5) is 4.39 Å². The van der Waals surface area contributed by atoms with E-state index in [1.807, 2.05) is 13.8 Å². The lowest BCUT2D eigenvalue weighted by atomic mass is 9.87. The number of aromatic nitrogens is 2. The van der Waals surface area contributed by atoms with Crippen molar-refractivity contribution < 1.29 is 14.0 Å². The van der Waals surface area contributed by atoms with Crippen molar-refractivity contribution in [3.63, 3.8) is 0 Å². The quantitative estimate of drug-likeness (QED) is 0.890. The average Bonchev–Trinajstić information content (AvgIpc) is 3.12. The molecule has 0 saturated carbocycles. The van der Waals surface area contributed by atoms with Crippen LogP contribution < -0.4 is 0 Å². The van der Waals surface area contributed by atoms with Crippen molar-refractivity contribution in [2.75, 3.05) is 13.1 Å². The Morgan fingerprint density at radius 1 is 1.16 bits per heavy atom. The summed E-state index contributed by atoms with van der Waals surface area (Å²) in [5, 5.41) is 14.6. The number of hydrogen-bond acceptors (Lipinski definition) is 5. The number of rotatable bonds is 5. The summed E-state index contributed by atoms with van der Waals surface area (Å²) in [5.74, 6) is 1.55. The van der Waals surface area contributed by atoms with E-state index in [2.05, 4.69) is 22.0 Å². The van der Waals surface area contributed by atoms with Gasteiger partial charge in [0.15, 0.2) is 5.82 Å². The number of halogens is 1. The molecule has 136 valence electrons. The van der Waals surface area contributed by atoms with Crippen LogP contribution in [0.1, 0.15) is 69.0 Å². The fraction of sp³-hybridized carbons (Fsp3) is 0.579. The van der Waals surface area contributed by atoms with Crippen molar-refractivity contribution in [3.8, 4) is 0 Å². The largest absolute Gasteiger partial charge is 0.388 e. The summed E-state index contributed by atoms with van der Waals surface area (Å²) in [6.45, 7) is 7.89. The highest BCUT2D eigenvalue weighted by Crippen LogP contribution is 2.33. The van der Waals surface area contributed by atoms with Gasteiger partial charge in [-0.15, -0.1) is 0 Å². The van der Waals surface area contributed by atoms with Gasteiger partial charge in [-0.1, -0.05) is 31.1 Å². The molecule has 1 saturated heterocycles. The Hall–Kier alpha value is -1.79. The normalized spacial score (nSPS) is 19.3. The molecule has 6 heteroatoms. The van der Waals surface area contributed by atoms with E-state index < -0.39 is 6.10 Å². The van der Waals surface area contributed by atoms with Crippen molar-refractivity contribution in [3.05, 3.63) is 47.4 Å². The standard InChI is InChI=1S/C19H26FN3O2/c1-12(2)18-21-19(25-22-18)13(3)23-10-8-15(9-11-23)17(24)14-4-6-16(20)7-5-14/h4-7,12-13,15,17,24H,8-11H2,1-3H3. The number of hydrogen-bond donors (Lipinski definition) is 1. The van der Waals surface area contributed by atoms with E-state index in [1.165, 1.54) is 12.1 Å². The molecule has 0 amide bonds. The second kappa shape index (κ2) is 7.62. The maximum Gasteiger partial charge on any atom is 0.243 e. The van der Waals surface area contributed by atoms with Crippen molar-refractivity contribution >= 4 is 0 Å². The van der Waals surface area contributed by atoms with Crippen LogP contribution in [0, 0.1) is 11.7 Å². The predicted octanol–water partition coefficient (Wildman–Crippen LogP) is 3.84. The third-order valence-corrected chi connectivity index (χ3v) is 5.11. The molecule has 1 N–H and O–H groups in total. The van der Waals surface area contributed by atoms with Crippen LogP contribution in [0.15, 0.2) is 28.8 Å². The SMILES string of the molecule is CC(C)c1noc(C(C)N2CCC(C(O)c3ccc(F)cc3)CC2)n1. The third-order valence-electron chi connectivity index (χ3n) is 5.11. The molecule has 5 nitrogen and oxygen atoms in total. The molecule has 1 aliphatic heterocycles. The molecule has 2 unspecified atom stereocenters. The first-order valence-corrected chi connectivity index (χ1v) is 8.96. The Kier molecular flexibility index (Phi) is 5.49. The zero-order chi connectivity index (χ0) is 18.0. The maximum absolute atomic E-state index is 13.0. The molecule has 0 aliphatic carbocycles. The molecule has 3 rings (SSSR count). The molecule has 0 spiro atoms. The summed E-state index contributed by atoms with van der Waals surface area (Å²) in [7, 11) is 0. The molecular weight excluding hydrogens is 321 g/mol. The molecule has 2 aromatic rings. The van der Waals surface area contributed by atoms with Gasteiger partial charge >= 0.3 is 0 Å². The van der Waals surface area contributed by atoms with Crippen LogP contribution in [-0.2, 0) is 0 Å². The topological polar surface area (TPSA) is 62.4 Å². The van der Waals surface area contributed by atoms with E-state index in [9.17, 15) is 9.50 Å². The van der Waals surface area contributed by atoms with Crippen molar-refractivity contribution in [2.24, 2.45) is 5.92 Å². The average molecular weight is 347 g/mol. The summed E-state index contributed by atoms with van der Waals surface area (Å²) < 4.78 is 18.4. The fourth-order valence-corrected chi connectivity index (χ4v) is 3.36. The lowest BCUT2D eigenvalue weighted by Gasteiger charge is -2.36. The van der Waals surface area contributed by atoms with E-state index in [1.54, 1.807) is 12.1 Å². The van der Waals surface area contributed by atoms with Gasteiger partial charge in [-0.3, -0.25) is 4.90 Å². The summed E-state index contributed by atoms with van der Waals surface area (Å²) in [5.41, 5.74) is 0.784. The van der Waals surface area contributed by atoms with Gasteiger partial charge in [-0.2, -0.15) is 4.98 Å². The summed E-state index contributed by atoms with van der Waals surface area (Å²) >= 11 is 0. The first-order chi connectivity index (χ1) is 12.0. The highest BCUT2D eigenvalue weighted by molar-refractivity contribution is 5.19. The Balaban J connectivity index is 1.58. The number of benzene rings is 1. The van der Waals surface area contributed by atoms with E-state index in [-0.39, 0.29) is 23.7 Å². The molecule has 1 aliphatic rings. The highest BCUT2D eigenvalue weighted by atomic mass is 19.1. The Morgan fingerprint density at radius 3 is 2.36 bits per heavy atom. The molecule has 0 bridgehead atoms. The zero-order valence-electron chi connectivity index (χ0n) is 15.0. The second-order valence-electron chi connectivity index (χ2n) is 7.19. The molecule has 1 fully saturated rings. The summed E-state index contributed by atoms with van der Waals surface area (Å²) in [4.78, 5) is 6.80. The molecule has 25 heavy (non-hydrogen) atoms. The van der Waals surface area contributed by atoms with E-state index in [0.717, 1.165) is 37.3 Å².